The molecular weight excluding hydrogens is 348 g/mol. The lowest BCUT2D eigenvalue weighted by Crippen LogP contribution is -2.45. The Morgan fingerprint density at radius 3 is 2.52 bits per heavy atom. The van der Waals surface area contributed by atoms with Crippen molar-refractivity contribution in [2.45, 2.75) is 32.4 Å². The average molecular weight is 372 g/mol. The molecule has 2 atom stereocenters. The molecule has 25 heavy (non-hydrogen) atoms. The predicted octanol–water partition coefficient (Wildman–Crippen LogP) is 0.743. The van der Waals surface area contributed by atoms with Crippen LogP contribution in [0.2, 0.25) is 0 Å². The molecule has 0 aliphatic heterocycles. The number of carbonyl (C=O) groups excluding carboxylic acids is 2. The van der Waals surface area contributed by atoms with Crippen molar-refractivity contribution in [1.29, 1.82) is 0 Å². The van der Waals surface area contributed by atoms with Gasteiger partial charge in [-0.05, 0) is 31.5 Å². The van der Waals surface area contributed by atoms with Gasteiger partial charge in [0, 0.05) is 0 Å². The number of benzene rings is 1. The summed E-state index contributed by atoms with van der Waals surface area (Å²) in [6.07, 6.45) is 0.882. The predicted molar refractivity (Wildman–Crippen MR) is 92.6 cm³/mol. The normalized spacial score (nSPS) is 13.6. The van der Waals surface area contributed by atoms with Crippen LogP contribution in [0.3, 0.4) is 0 Å². The lowest BCUT2D eigenvalue weighted by Gasteiger charge is -2.21. The highest BCUT2D eigenvalue weighted by Crippen LogP contribution is 2.22. The van der Waals surface area contributed by atoms with Crippen LogP contribution in [0.4, 0.5) is 0 Å². The molecule has 0 bridgehead atoms. The Morgan fingerprint density at radius 1 is 1.28 bits per heavy atom. The summed E-state index contributed by atoms with van der Waals surface area (Å²) in [5.41, 5.74) is 0.646. The maximum Gasteiger partial charge on any atom is 0.308 e. The van der Waals surface area contributed by atoms with Gasteiger partial charge in [-0.25, -0.2) is 13.1 Å². The van der Waals surface area contributed by atoms with Crippen molar-refractivity contribution in [1.82, 2.24) is 10.0 Å². The third-order valence-corrected chi connectivity index (χ3v) is 4.05. The van der Waals surface area contributed by atoms with Gasteiger partial charge >= 0.3 is 5.97 Å². The first kappa shape index (κ1) is 20.9. The summed E-state index contributed by atoms with van der Waals surface area (Å²) in [5, 5.41) is 2.67. The zero-order valence-electron chi connectivity index (χ0n) is 14.7. The molecule has 0 aliphatic carbocycles. The minimum Gasteiger partial charge on any atom is -0.497 e. The Kier molecular flexibility index (Phi) is 7.85. The van der Waals surface area contributed by atoms with E-state index in [9.17, 15) is 18.0 Å². The standard InChI is InChI=1S/C16H24N2O6S/c1-5-24-15(19)10-14(12-7-6-8-13(9-12)23-3)17-16(20)11(2)18-25(4,21)22/h6-9,11,14,18H,5,10H2,1-4H3,(H,17,20)/t11-,14+/m1/s1. The maximum atomic E-state index is 12.3. The molecular formula is C16H24N2O6S. The lowest BCUT2D eigenvalue weighted by atomic mass is 10.0. The van der Waals surface area contributed by atoms with E-state index < -0.39 is 34.0 Å². The highest BCUT2D eigenvalue weighted by Gasteiger charge is 2.24. The minimum absolute atomic E-state index is 0.0850. The Bertz CT molecular complexity index is 704. The molecule has 0 unspecified atom stereocenters. The fourth-order valence-corrected chi connectivity index (χ4v) is 2.92. The number of hydrogen-bond donors (Lipinski definition) is 2. The highest BCUT2D eigenvalue weighted by molar-refractivity contribution is 7.88. The first-order valence-corrected chi connectivity index (χ1v) is 9.62. The second kappa shape index (κ2) is 9.38. The highest BCUT2D eigenvalue weighted by atomic mass is 32.2. The van der Waals surface area contributed by atoms with Crippen molar-refractivity contribution in [3.63, 3.8) is 0 Å². The third-order valence-electron chi connectivity index (χ3n) is 3.27. The molecule has 1 amide bonds. The van der Waals surface area contributed by atoms with Crippen LogP contribution in [0, 0.1) is 0 Å². The van der Waals surface area contributed by atoms with Crippen LogP contribution in [0.25, 0.3) is 0 Å². The van der Waals surface area contributed by atoms with E-state index in [4.69, 9.17) is 9.47 Å². The van der Waals surface area contributed by atoms with Gasteiger partial charge in [0.1, 0.15) is 5.75 Å². The molecule has 0 fully saturated rings. The summed E-state index contributed by atoms with van der Waals surface area (Å²) in [6.45, 7) is 3.34. The topological polar surface area (TPSA) is 111 Å². The van der Waals surface area contributed by atoms with E-state index in [1.54, 1.807) is 31.2 Å². The molecule has 0 saturated carbocycles. The fourth-order valence-electron chi connectivity index (χ4n) is 2.17. The Morgan fingerprint density at radius 2 is 1.96 bits per heavy atom. The Hall–Kier alpha value is -2.13. The molecule has 1 aromatic rings. The molecule has 0 saturated heterocycles. The van der Waals surface area contributed by atoms with Crippen LogP contribution in [0.1, 0.15) is 31.9 Å². The summed E-state index contributed by atoms with van der Waals surface area (Å²) in [7, 11) is -2.02. The van der Waals surface area contributed by atoms with Crippen molar-refractivity contribution in [2.75, 3.05) is 20.0 Å². The summed E-state index contributed by atoms with van der Waals surface area (Å²) in [6, 6.07) is 5.24. The number of hydrogen-bond acceptors (Lipinski definition) is 6. The first-order chi connectivity index (χ1) is 11.7. The number of esters is 1. The van der Waals surface area contributed by atoms with E-state index in [-0.39, 0.29) is 13.0 Å². The first-order valence-electron chi connectivity index (χ1n) is 7.73. The molecule has 0 heterocycles. The van der Waals surface area contributed by atoms with Crippen LogP contribution < -0.4 is 14.8 Å². The minimum atomic E-state index is -3.53. The summed E-state index contributed by atoms with van der Waals surface area (Å²) in [4.78, 5) is 24.1. The van der Waals surface area contributed by atoms with Gasteiger partial charge in [-0.15, -0.1) is 0 Å². The molecule has 140 valence electrons. The number of nitrogens with one attached hydrogen (secondary N) is 2. The molecule has 0 aromatic heterocycles. The van der Waals surface area contributed by atoms with Crippen molar-refractivity contribution in [3.8, 4) is 5.75 Å². The summed E-state index contributed by atoms with van der Waals surface area (Å²) < 4.78 is 34.8. The van der Waals surface area contributed by atoms with Crippen molar-refractivity contribution >= 4 is 21.9 Å². The second-order valence-corrected chi connectivity index (χ2v) is 7.24. The number of carbonyl (C=O) groups is 2. The third kappa shape index (κ3) is 7.53. The van der Waals surface area contributed by atoms with E-state index in [1.807, 2.05) is 0 Å². The van der Waals surface area contributed by atoms with E-state index >= 15 is 0 Å². The molecule has 0 spiro atoms. The van der Waals surface area contributed by atoms with Gasteiger partial charge in [-0.3, -0.25) is 9.59 Å². The van der Waals surface area contributed by atoms with Gasteiger partial charge in [-0.1, -0.05) is 12.1 Å². The van der Waals surface area contributed by atoms with E-state index in [0.717, 1.165) is 6.26 Å². The molecule has 0 aliphatic rings. The van der Waals surface area contributed by atoms with Gasteiger partial charge in [0.05, 0.1) is 38.5 Å². The van der Waals surface area contributed by atoms with E-state index in [2.05, 4.69) is 10.0 Å². The number of sulfonamides is 1. The number of methoxy groups -OCH3 is 1. The molecule has 1 aromatic carbocycles. The van der Waals surface area contributed by atoms with Gasteiger partial charge in [-0.2, -0.15) is 0 Å². The van der Waals surface area contributed by atoms with Crippen LogP contribution in [-0.4, -0.2) is 46.3 Å². The lowest BCUT2D eigenvalue weighted by molar-refractivity contribution is -0.143. The zero-order chi connectivity index (χ0) is 19.0. The van der Waals surface area contributed by atoms with Gasteiger partial charge in [0.2, 0.25) is 15.9 Å². The average Bonchev–Trinajstić information content (AvgIpc) is 2.52. The van der Waals surface area contributed by atoms with Crippen LogP contribution in [0.5, 0.6) is 5.75 Å². The number of ether oxygens (including phenoxy) is 2. The fraction of sp³-hybridized carbons (Fsp3) is 0.500. The molecule has 8 nitrogen and oxygen atoms in total. The van der Waals surface area contributed by atoms with E-state index in [1.165, 1.54) is 14.0 Å². The van der Waals surface area contributed by atoms with Crippen LogP contribution in [0.15, 0.2) is 24.3 Å². The van der Waals surface area contributed by atoms with Crippen molar-refractivity contribution in [2.24, 2.45) is 0 Å². The molecule has 1 rings (SSSR count). The Balaban J connectivity index is 2.97. The second-order valence-electron chi connectivity index (χ2n) is 5.46. The number of amides is 1. The van der Waals surface area contributed by atoms with Crippen molar-refractivity contribution < 1.29 is 27.5 Å². The van der Waals surface area contributed by atoms with Crippen molar-refractivity contribution in [3.05, 3.63) is 29.8 Å². The molecule has 9 heteroatoms. The smallest absolute Gasteiger partial charge is 0.308 e. The van der Waals surface area contributed by atoms with E-state index in [0.29, 0.717) is 11.3 Å². The Labute approximate surface area is 147 Å². The maximum absolute atomic E-state index is 12.3. The van der Waals surface area contributed by atoms with Gasteiger partial charge in [0.15, 0.2) is 0 Å². The monoisotopic (exact) mass is 372 g/mol. The van der Waals surface area contributed by atoms with Crippen LogP contribution in [-0.2, 0) is 24.3 Å². The van der Waals surface area contributed by atoms with Gasteiger partial charge in [0.25, 0.3) is 0 Å². The molecule has 2 N–H and O–H groups in total. The quantitative estimate of drug-likeness (QED) is 0.619. The summed E-state index contributed by atoms with van der Waals surface area (Å²) >= 11 is 0. The zero-order valence-corrected chi connectivity index (χ0v) is 15.6. The van der Waals surface area contributed by atoms with Crippen LogP contribution >= 0.6 is 0 Å². The van der Waals surface area contributed by atoms with Gasteiger partial charge < -0.3 is 14.8 Å². The summed E-state index contributed by atoms with van der Waals surface area (Å²) in [5.74, 6) is -0.454. The molecule has 0 radical (unpaired) electrons. The largest absolute Gasteiger partial charge is 0.497 e. The number of rotatable bonds is 9. The SMILES string of the molecule is CCOC(=O)C[C@H](NC(=O)[C@@H](C)NS(C)(=O)=O)c1cccc(OC)c1.